The van der Waals surface area contributed by atoms with Gasteiger partial charge in [-0.25, -0.2) is 4.98 Å². The first-order chi connectivity index (χ1) is 11.1. The van der Waals surface area contributed by atoms with E-state index in [9.17, 15) is 0 Å². The van der Waals surface area contributed by atoms with Crippen molar-refractivity contribution in [2.45, 2.75) is 24.8 Å². The molecule has 3 rings (SSSR count). The summed E-state index contributed by atoms with van der Waals surface area (Å²) in [6.07, 6.45) is 0. The summed E-state index contributed by atoms with van der Waals surface area (Å²) in [6, 6.07) is 7.77. The topological polar surface area (TPSA) is 66.0 Å². The van der Waals surface area contributed by atoms with Crippen LogP contribution in [0.2, 0.25) is 0 Å². The van der Waals surface area contributed by atoms with Crippen molar-refractivity contribution in [3.63, 3.8) is 0 Å². The number of para-hydroxylation sites is 1. The minimum absolute atomic E-state index is 0.618. The average molecular weight is 330 g/mol. The maximum Gasteiger partial charge on any atom is 0.205 e. The summed E-state index contributed by atoms with van der Waals surface area (Å²) in [6.45, 7) is 3.85. The second kappa shape index (κ2) is 6.45. The molecule has 2 heterocycles. The Kier molecular flexibility index (Phi) is 4.38. The van der Waals surface area contributed by atoms with Gasteiger partial charge in [-0.3, -0.25) is 0 Å². The van der Waals surface area contributed by atoms with Crippen LogP contribution in [0.5, 0.6) is 5.75 Å². The zero-order chi connectivity index (χ0) is 16.4. The lowest BCUT2D eigenvalue weighted by atomic mass is 10.2. The average Bonchev–Trinajstić information content (AvgIpc) is 3.08. The Labute approximate surface area is 138 Å². The Bertz CT molecular complexity index is 806. The van der Waals surface area contributed by atoms with Crippen molar-refractivity contribution >= 4 is 11.8 Å². The van der Waals surface area contributed by atoms with Crippen molar-refractivity contribution in [2.24, 2.45) is 7.05 Å². The highest BCUT2D eigenvalue weighted by Gasteiger charge is 2.15. The van der Waals surface area contributed by atoms with Gasteiger partial charge in [0.2, 0.25) is 5.89 Å². The molecule has 0 bridgehead atoms. The zero-order valence-corrected chi connectivity index (χ0v) is 14.3. The monoisotopic (exact) mass is 330 g/mol. The van der Waals surface area contributed by atoms with E-state index in [1.165, 1.54) is 0 Å². The minimum atomic E-state index is 0.618. The van der Waals surface area contributed by atoms with Crippen molar-refractivity contribution in [2.75, 3.05) is 7.11 Å². The quantitative estimate of drug-likeness (QED) is 0.668. The lowest BCUT2D eigenvalue weighted by molar-refractivity contribution is 0.416. The Morgan fingerprint density at radius 3 is 2.70 bits per heavy atom. The lowest BCUT2D eigenvalue weighted by Gasteiger charge is -2.07. The Hall–Kier alpha value is -2.28. The second-order valence-corrected chi connectivity index (χ2v) is 6.05. The lowest BCUT2D eigenvalue weighted by Crippen LogP contribution is -1.97. The predicted molar refractivity (Wildman–Crippen MR) is 88.5 cm³/mol. The SMILES string of the molecule is COc1ccccc1-c1nnc(SCc2nc(C)c(C)o2)n1C. The van der Waals surface area contributed by atoms with Crippen LogP contribution < -0.4 is 4.74 Å². The summed E-state index contributed by atoms with van der Waals surface area (Å²) in [4.78, 5) is 4.38. The summed E-state index contributed by atoms with van der Waals surface area (Å²) in [7, 11) is 3.59. The summed E-state index contributed by atoms with van der Waals surface area (Å²) >= 11 is 1.54. The van der Waals surface area contributed by atoms with Crippen LogP contribution in [-0.4, -0.2) is 26.9 Å². The molecular formula is C16H18N4O2S. The minimum Gasteiger partial charge on any atom is -0.496 e. The number of thioether (sulfide) groups is 1. The first-order valence-electron chi connectivity index (χ1n) is 7.18. The van der Waals surface area contributed by atoms with E-state index >= 15 is 0 Å². The number of benzene rings is 1. The first kappa shape index (κ1) is 15.6. The maximum absolute atomic E-state index is 5.59. The van der Waals surface area contributed by atoms with Gasteiger partial charge in [0.25, 0.3) is 0 Å². The molecule has 120 valence electrons. The van der Waals surface area contributed by atoms with Gasteiger partial charge in [-0.05, 0) is 26.0 Å². The molecular weight excluding hydrogens is 312 g/mol. The van der Waals surface area contributed by atoms with Gasteiger partial charge in [-0.1, -0.05) is 23.9 Å². The van der Waals surface area contributed by atoms with Gasteiger partial charge in [0, 0.05) is 7.05 Å². The molecule has 0 atom stereocenters. The van der Waals surface area contributed by atoms with Crippen molar-refractivity contribution in [3.05, 3.63) is 41.6 Å². The van der Waals surface area contributed by atoms with Crippen LogP contribution in [0.15, 0.2) is 33.8 Å². The highest BCUT2D eigenvalue weighted by atomic mass is 32.2. The predicted octanol–water partition coefficient (Wildman–Crippen LogP) is 3.39. The van der Waals surface area contributed by atoms with Crippen LogP contribution in [-0.2, 0) is 12.8 Å². The third-order valence-electron chi connectivity index (χ3n) is 3.58. The van der Waals surface area contributed by atoms with Crippen LogP contribution in [0.1, 0.15) is 17.3 Å². The van der Waals surface area contributed by atoms with Gasteiger partial charge in [0.15, 0.2) is 11.0 Å². The normalized spacial score (nSPS) is 11.0. The van der Waals surface area contributed by atoms with Crippen molar-refractivity contribution in [1.29, 1.82) is 0 Å². The molecule has 0 fully saturated rings. The first-order valence-corrected chi connectivity index (χ1v) is 8.17. The highest BCUT2D eigenvalue weighted by molar-refractivity contribution is 7.98. The smallest absolute Gasteiger partial charge is 0.205 e. The molecule has 0 saturated carbocycles. The molecule has 0 amide bonds. The summed E-state index contributed by atoms with van der Waals surface area (Å²) in [5.41, 5.74) is 1.84. The van der Waals surface area contributed by atoms with E-state index in [1.54, 1.807) is 18.9 Å². The standard InChI is InChI=1S/C16H18N4O2S/c1-10-11(2)22-14(17-10)9-23-16-19-18-15(20(16)3)12-7-5-6-8-13(12)21-4/h5-8H,9H2,1-4H3. The second-order valence-electron chi connectivity index (χ2n) is 5.10. The maximum atomic E-state index is 5.59. The van der Waals surface area contributed by atoms with Crippen LogP contribution in [0, 0.1) is 13.8 Å². The van der Waals surface area contributed by atoms with E-state index in [4.69, 9.17) is 9.15 Å². The fraction of sp³-hybridized carbons (Fsp3) is 0.312. The number of rotatable bonds is 5. The molecule has 3 aromatic rings. The van der Waals surface area contributed by atoms with Crippen LogP contribution in [0.3, 0.4) is 0 Å². The molecule has 1 aromatic carbocycles. The van der Waals surface area contributed by atoms with Crippen LogP contribution in [0.4, 0.5) is 0 Å². The Morgan fingerprint density at radius 1 is 1.22 bits per heavy atom. The van der Waals surface area contributed by atoms with Gasteiger partial charge in [-0.15, -0.1) is 10.2 Å². The van der Waals surface area contributed by atoms with Gasteiger partial charge >= 0.3 is 0 Å². The van der Waals surface area contributed by atoms with E-state index in [2.05, 4.69) is 15.2 Å². The van der Waals surface area contributed by atoms with Crippen LogP contribution in [0.25, 0.3) is 11.4 Å². The Morgan fingerprint density at radius 2 is 2.00 bits per heavy atom. The van der Waals surface area contributed by atoms with Gasteiger partial charge in [0.1, 0.15) is 11.5 Å². The van der Waals surface area contributed by atoms with Crippen molar-refractivity contribution in [3.8, 4) is 17.1 Å². The molecule has 0 radical (unpaired) electrons. The molecule has 0 unspecified atom stereocenters. The summed E-state index contributed by atoms with van der Waals surface area (Å²) < 4.78 is 12.9. The van der Waals surface area contributed by atoms with Crippen LogP contribution >= 0.6 is 11.8 Å². The number of hydrogen-bond donors (Lipinski definition) is 0. The van der Waals surface area contributed by atoms with Crippen molar-refractivity contribution in [1.82, 2.24) is 19.7 Å². The third kappa shape index (κ3) is 3.10. The number of aromatic nitrogens is 4. The van der Waals surface area contributed by atoms with E-state index in [0.29, 0.717) is 11.6 Å². The number of methoxy groups -OCH3 is 1. The number of ether oxygens (including phenoxy) is 1. The molecule has 0 aliphatic rings. The highest BCUT2D eigenvalue weighted by Crippen LogP contribution is 2.30. The molecule has 7 heteroatoms. The largest absolute Gasteiger partial charge is 0.496 e. The molecule has 0 aliphatic carbocycles. The van der Waals surface area contributed by atoms with Crippen molar-refractivity contribution < 1.29 is 9.15 Å². The Balaban J connectivity index is 1.82. The number of oxazole rings is 1. The van der Waals surface area contributed by atoms with E-state index < -0.39 is 0 Å². The van der Waals surface area contributed by atoms with E-state index in [1.807, 2.05) is 49.7 Å². The van der Waals surface area contributed by atoms with Gasteiger partial charge < -0.3 is 13.7 Å². The molecule has 0 aliphatic heterocycles. The molecule has 6 nitrogen and oxygen atoms in total. The third-order valence-corrected chi connectivity index (χ3v) is 4.59. The number of hydrogen-bond acceptors (Lipinski definition) is 6. The summed E-state index contributed by atoms with van der Waals surface area (Å²) in [5, 5.41) is 9.36. The molecule has 0 saturated heterocycles. The van der Waals surface area contributed by atoms with Gasteiger partial charge in [0.05, 0.1) is 24.1 Å². The van der Waals surface area contributed by atoms with E-state index in [0.717, 1.165) is 33.7 Å². The fourth-order valence-electron chi connectivity index (χ4n) is 2.23. The number of nitrogens with zero attached hydrogens (tertiary/aromatic N) is 4. The van der Waals surface area contributed by atoms with E-state index in [-0.39, 0.29) is 0 Å². The summed E-state index contributed by atoms with van der Waals surface area (Å²) in [5.74, 6) is 3.72. The molecule has 0 N–H and O–H groups in total. The number of aryl methyl sites for hydroxylation is 2. The molecule has 2 aromatic heterocycles. The zero-order valence-electron chi connectivity index (χ0n) is 13.5. The fourth-order valence-corrected chi connectivity index (χ4v) is 2.99. The van der Waals surface area contributed by atoms with Gasteiger partial charge in [-0.2, -0.15) is 0 Å². The molecule has 23 heavy (non-hydrogen) atoms. The molecule has 0 spiro atoms.